The molecule has 0 unspecified atom stereocenters. The van der Waals surface area contributed by atoms with Crippen LogP contribution in [-0.4, -0.2) is 36.5 Å². The Labute approximate surface area is 113 Å². The first-order chi connectivity index (χ1) is 8.22. The van der Waals surface area contributed by atoms with Crippen molar-refractivity contribution in [2.45, 2.75) is 18.9 Å². The molecule has 0 radical (unpaired) electrons. The molecule has 4 rings (SSSR count). The van der Waals surface area contributed by atoms with Crippen LogP contribution in [0.2, 0.25) is 0 Å². The van der Waals surface area contributed by atoms with Gasteiger partial charge in [0.25, 0.3) is 5.91 Å². The predicted octanol–water partition coefficient (Wildman–Crippen LogP) is 2.33. The Bertz CT molecular complexity index is 426. The molecule has 1 amide bonds. The summed E-state index contributed by atoms with van der Waals surface area (Å²) in [5.74, 6) is 0.770. The normalized spacial score (nSPS) is 31.5. The van der Waals surface area contributed by atoms with Crippen LogP contribution >= 0.6 is 27.3 Å². The molecule has 3 saturated heterocycles. The molecule has 0 spiro atoms. The van der Waals surface area contributed by atoms with Crippen LogP contribution in [0.15, 0.2) is 15.9 Å². The molecule has 1 aromatic rings. The highest BCUT2D eigenvalue weighted by Crippen LogP contribution is 2.28. The second-order valence-corrected chi connectivity index (χ2v) is 7.28. The first-order valence-corrected chi connectivity index (χ1v) is 7.62. The minimum absolute atomic E-state index is 0.0828. The SMILES string of the molecule is O=C(N[C@@H]1CN2CCC1CC2)c1ccc(Br)s1. The van der Waals surface area contributed by atoms with Crippen LogP contribution in [0.5, 0.6) is 0 Å². The van der Waals surface area contributed by atoms with Gasteiger partial charge in [-0.15, -0.1) is 11.3 Å². The number of hydrogen-bond donors (Lipinski definition) is 1. The molecule has 1 aromatic heterocycles. The van der Waals surface area contributed by atoms with Gasteiger partial charge in [-0.05, 0) is 59.9 Å². The molecule has 5 heteroatoms. The fourth-order valence-corrected chi connectivity index (χ4v) is 4.09. The van der Waals surface area contributed by atoms with Crippen LogP contribution in [0.25, 0.3) is 0 Å². The number of carbonyl (C=O) groups excluding carboxylic acids is 1. The minimum Gasteiger partial charge on any atom is -0.347 e. The van der Waals surface area contributed by atoms with Crippen molar-refractivity contribution >= 4 is 33.2 Å². The van der Waals surface area contributed by atoms with Crippen LogP contribution in [0.4, 0.5) is 0 Å². The molecule has 3 nitrogen and oxygen atoms in total. The number of amides is 1. The zero-order valence-electron chi connectivity index (χ0n) is 9.49. The molecule has 3 fully saturated rings. The molecular weight excluding hydrogens is 300 g/mol. The van der Waals surface area contributed by atoms with Crippen molar-refractivity contribution in [2.24, 2.45) is 5.92 Å². The maximum absolute atomic E-state index is 12.1. The molecule has 1 atom stereocenters. The van der Waals surface area contributed by atoms with Gasteiger partial charge in [0.15, 0.2) is 0 Å². The number of thiophene rings is 1. The van der Waals surface area contributed by atoms with Crippen molar-refractivity contribution in [1.29, 1.82) is 0 Å². The fraction of sp³-hybridized carbons (Fsp3) is 0.583. The number of hydrogen-bond acceptors (Lipinski definition) is 3. The fourth-order valence-electron chi connectivity index (χ4n) is 2.80. The highest BCUT2D eigenvalue weighted by atomic mass is 79.9. The third kappa shape index (κ3) is 2.41. The summed E-state index contributed by atoms with van der Waals surface area (Å²) in [7, 11) is 0. The molecule has 1 N–H and O–H groups in total. The second kappa shape index (κ2) is 4.71. The van der Waals surface area contributed by atoms with Gasteiger partial charge in [-0.3, -0.25) is 4.79 Å². The molecular formula is C12H15BrN2OS. The van der Waals surface area contributed by atoms with E-state index in [0.29, 0.717) is 12.0 Å². The Morgan fingerprint density at radius 2 is 2.18 bits per heavy atom. The number of carbonyl (C=O) groups is 1. The van der Waals surface area contributed by atoms with Gasteiger partial charge in [0.1, 0.15) is 0 Å². The predicted molar refractivity (Wildman–Crippen MR) is 72.4 cm³/mol. The lowest BCUT2D eigenvalue weighted by molar-refractivity contribution is 0.0622. The van der Waals surface area contributed by atoms with Crippen molar-refractivity contribution in [2.75, 3.05) is 19.6 Å². The molecule has 2 bridgehead atoms. The van der Waals surface area contributed by atoms with Crippen molar-refractivity contribution in [3.8, 4) is 0 Å². The summed E-state index contributed by atoms with van der Waals surface area (Å²) >= 11 is 4.88. The number of halogens is 1. The summed E-state index contributed by atoms with van der Waals surface area (Å²) in [6.07, 6.45) is 2.47. The number of nitrogens with one attached hydrogen (secondary N) is 1. The Kier molecular flexibility index (Phi) is 3.23. The van der Waals surface area contributed by atoms with Gasteiger partial charge in [-0.25, -0.2) is 0 Å². The number of nitrogens with zero attached hydrogens (tertiary/aromatic N) is 1. The summed E-state index contributed by atoms with van der Waals surface area (Å²) in [5, 5.41) is 3.19. The van der Waals surface area contributed by atoms with Gasteiger partial charge in [0.05, 0.1) is 8.66 Å². The molecule has 0 aromatic carbocycles. The summed E-state index contributed by atoms with van der Waals surface area (Å²) < 4.78 is 1.01. The standard InChI is InChI=1S/C12H15BrN2OS/c13-11-2-1-10(17-11)12(16)14-9-7-15-5-3-8(9)4-6-15/h1-2,8-9H,3-7H2,(H,14,16)/t9-/m1/s1. The van der Waals surface area contributed by atoms with Gasteiger partial charge < -0.3 is 10.2 Å². The number of rotatable bonds is 2. The topological polar surface area (TPSA) is 32.3 Å². The number of piperidine rings is 3. The van der Waals surface area contributed by atoms with E-state index >= 15 is 0 Å². The van der Waals surface area contributed by atoms with E-state index in [4.69, 9.17) is 0 Å². The van der Waals surface area contributed by atoms with Gasteiger partial charge >= 0.3 is 0 Å². The highest BCUT2D eigenvalue weighted by Gasteiger charge is 2.35. The lowest BCUT2D eigenvalue weighted by Crippen LogP contribution is -2.57. The molecule has 4 heterocycles. The Balaban J connectivity index is 1.65. The van der Waals surface area contributed by atoms with Gasteiger partial charge in [0, 0.05) is 12.6 Å². The van der Waals surface area contributed by atoms with E-state index in [9.17, 15) is 4.79 Å². The lowest BCUT2D eigenvalue weighted by atomic mass is 9.84. The zero-order chi connectivity index (χ0) is 11.8. The van der Waals surface area contributed by atoms with Gasteiger partial charge in [-0.1, -0.05) is 0 Å². The van der Waals surface area contributed by atoms with E-state index in [1.54, 1.807) is 0 Å². The van der Waals surface area contributed by atoms with Crippen molar-refractivity contribution in [3.05, 3.63) is 20.8 Å². The number of fused-ring (bicyclic) bond motifs is 3. The average molecular weight is 315 g/mol. The lowest BCUT2D eigenvalue weighted by Gasteiger charge is -2.44. The maximum atomic E-state index is 12.1. The zero-order valence-corrected chi connectivity index (χ0v) is 11.9. The van der Waals surface area contributed by atoms with E-state index < -0.39 is 0 Å². The molecule has 3 aliphatic rings. The minimum atomic E-state index is 0.0828. The van der Waals surface area contributed by atoms with E-state index in [-0.39, 0.29) is 5.91 Å². The van der Waals surface area contributed by atoms with Crippen molar-refractivity contribution < 1.29 is 4.79 Å². The van der Waals surface area contributed by atoms with Gasteiger partial charge in [0.2, 0.25) is 0 Å². The Morgan fingerprint density at radius 3 is 2.71 bits per heavy atom. The van der Waals surface area contributed by atoms with Gasteiger partial charge in [-0.2, -0.15) is 0 Å². The quantitative estimate of drug-likeness (QED) is 0.908. The van der Waals surface area contributed by atoms with E-state index in [2.05, 4.69) is 26.1 Å². The smallest absolute Gasteiger partial charge is 0.261 e. The monoisotopic (exact) mass is 314 g/mol. The largest absolute Gasteiger partial charge is 0.347 e. The molecule has 17 heavy (non-hydrogen) atoms. The van der Waals surface area contributed by atoms with Crippen LogP contribution in [-0.2, 0) is 0 Å². The summed E-state index contributed by atoms with van der Waals surface area (Å²) in [6.45, 7) is 3.45. The Hall–Kier alpha value is -0.390. The second-order valence-electron chi connectivity index (χ2n) is 4.82. The summed E-state index contributed by atoms with van der Waals surface area (Å²) in [4.78, 5) is 15.3. The highest BCUT2D eigenvalue weighted by molar-refractivity contribution is 9.11. The summed E-state index contributed by atoms with van der Waals surface area (Å²) in [5.41, 5.74) is 0. The van der Waals surface area contributed by atoms with Crippen LogP contribution in [0, 0.1) is 5.92 Å². The molecule has 92 valence electrons. The first-order valence-electron chi connectivity index (χ1n) is 6.01. The van der Waals surface area contributed by atoms with Crippen LogP contribution < -0.4 is 5.32 Å². The molecule has 0 saturated carbocycles. The van der Waals surface area contributed by atoms with Crippen molar-refractivity contribution in [1.82, 2.24) is 10.2 Å². The molecule has 3 aliphatic heterocycles. The maximum Gasteiger partial charge on any atom is 0.261 e. The average Bonchev–Trinajstić information content (AvgIpc) is 2.77. The van der Waals surface area contributed by atoms with E-state index in [0.717, 1.165) is 15.2 Å². The third-order valence-corrected chi connectivity index (χ3v) is 5.39. The molecule has 0 aliphatic carbocycles. The third-order valence-electron chi connectivity index (χ3n) is 3.77. The van der Waals surface area contributed by atoms with Crippen molar-refractivity contribution in [3.63, 3.8) is 0 Å². The van der Waals surface area contributed by atoms with E-state index in [1.165, 1.54) is 37.3 Å². The van der Waals surface area contributed by atoms with Crippen LogP contribution in [0.1, 0.15) is 22.5 Å². The first kappa shape index (κ1) is 11.7. The van der Waals surface area contributed by atoms with Crippen LogP contribution in [0.3, 0.4) is 0 Å². The Morgan fingerprint density at radius 1 is 1.41 bits per heavy atom. The van der Waals surface area contributed by atoms with E-state index in [1.807, 2.05) is 12.1 Å². The summed E-state index contributed by atoms with van der Waals surface area (Å²) in [6, 6.07) is 4.16.